The van der Waals surface area contributed by atoms with Crippen LogP contribution in [0.15, 0.2) is 61.9 Å². The SMILES string of the molecule is CCOC(=O)C1=C(C)N=c2s/c(=C/c3ccc(Cl)cc3Cl)c(=O)n2[C@H]1c1ccc(OC)c(Br)c1. The van der Waals surface area contributed by atoms with Gasteiger partial charge in [-0.15, -0.1) is 0 Å². The lowest BCUT2D eigenvalue weighted by Gasteiger charge is -2.25. The van der Waals surface area contributed by atoms with Crippen LogP contribution in [0, 0.1) is 0 Å². The van der Waals surface area contributed by atoms with E-state index in [-0.39, 0.29) is 12.2 Å². The first-order chi connectivity index (χ1) is 16.2. The number of fused-ring (bicyclic) bond motifs is 1. The van der Waals surface area contributed by atoms with Crippen LogP contribution in [0.1, 0.15) is 31.0 Å². The molecule has 4 rings (SSSR count). The third-order valence-electron chi connectivity index (χ3n) is 5.26. The molecular formula is C24H19BrCl2N2O4S. The summed E-state index contributed by atoms with van der Waals surface area (Å²) in [4.78, 5) is 31.6. The number of thiazole rings is 1. The summed E-state index contributed by atoms with van der Waals surface area (Å²) in [6.07, 6.45) is 1.70. The number of benzene rings is 2. The van der Waals surface area contributed by atoms with E-state index in [0.717, 1.165) is 0 Å². The van der Waals surface area contributed by atoms with Crippen molar-refractivity contribution in [2.24, 2.45) is 4.99 Å². The Bertz CT molecular complexity index is 1510. The predicted molar refractivity (Wildman–Crippen MR) is 138 cm³/mol. The highest BCUT2D eigenvalue weighted by molar-refractivity contribution is 9.10. The third kappa shape index (κ3) is 4.60. The first-order valence-electron chi connectivity index (χ1n) is 10.2. The summed E-state index contributed by atoms with van der Waals surface area (Å²) in [5.41, 5.74) is 1.87. The molecule has 0 bridgehead atoms. The number of carbonyl (C=O) groups is 1. The van der Waals surface area contributed by atoms with Crippen molar-refractivity contribution in [2.45, 2.75) is 19.9 Å². The van der Waals surface area contributed by atoms with Gasteiger partial charge in [-0.25, -0.2) is 9.79 Å². The monoisotopic (exact) mass is 580 g/mol. The van der Waals surface area contributed by atoms with E-state index < -0.39 is 12.0 Å². The highest BCUT2D eigenvalue weighted by atomic mass is 79.9. The number of esters is 1. The minimum absolute atomic E-state index is 0.203. The Balaban J connectivity index is 1.97. The van der Waals surface area contributed by atoms with Crippen LogP contribution in [-0.4, -0.2) is 24.3 Å². The standard InChI is InChI=1S/C24H19BrCl2N2O4S/c1-4-33-23(31)20-12(2)28-24-29(21(20)14-6-8-18(32-3)16(25)9-14)22(30)19(34-24)10-13-5-7-15(26)11-17(13)27/h5-11,21H,4H2,1-3H3/b19-10+/t21-/m0/s1. The zero-order valence-corrected chi connectivity index (χ0v) is 22.3. The number of hydrogen-bond donors (Lipinski definition) is 0. The smallest absolute Gasteiger partial charge is 0.338 e. The maximum absolute atomic E-state index is 13.6. The van der Waals surface area contributed by atoms with Crippen LogP contribution in [0.5, 0.6) is 5.75 Å². The molecule has 0 radical (unpaired) electrons. The summed E-state index contributed by atoms with van der Waals surface area (Å²) in [5, 5.41) is 0.931. The average molecular weight is 582 g/mol. The molecule has 0 aliphatic carbocycles. The highest BCUT2D eigenvalue weighted by Crippen LogP contribution is 2.35. The van der Waals surface area contributed by atoms with E-state index in [1.54, 1.807) is 51.3 Å². The Kier molecular flexibility index (Phi) is 7.33. The van der Waals surface area contributed by atoms with Crippen LogP contribution < -0.4 is 19.6 Å². The van der Waals surface area contributed by atoms with E-state index in [9.17, 15) is 9.59 Å². The van der Waals surface area contributed by atoms with Gasteiger partial charge < -0.3 is 9.47 Å². The Labute approximate surface area is 217 Å². The van der Waals surface area contributed by atoms with Gasteiger partial charge in [0.1, 0.15) is 5.75 Å². The van der Waals surface area contributed by atoms with Gasteiger partial charge in [-0.3, -0.25) is 9.36 Å². The molecule has 2 aromatic carbocycles. The van der Waals surface area contributed by atoms with E-state index >= 15 is 0 Å². The molecule has 0 unspecified atom stereocenters. The normalized spacial score (nSPS) is 15.7. The van der Waals surface area contributed by atoms with Gasteiger partial charge in [0.15, 0.2) is 4.80 Å². The minimum Gasteiger partial charge on any atom is -0.496 e. The molecule has 2 heterocycles. The Hall–Kier alpha value is -2.39. The molecule has 1 aliphatic heterocycles. The van der Waals surface area contributed by atoms with Crippen LogP contribution in [-0.2, 0) is 9.53 Å². The molecule has 1 atom stereocenters. The quantitative estimate of drug-likeness (QED) is 0.403. The Morgan fingerprint density at radius 3 is 2.68 bits per heavy atom. The Morgan fingerprint density at radius 1 is 1.26 bits per heavy atom. The fourth-order valence-electron chi connectivity index (χ4n) is 3.72. The van der Waals surface area contributed by atoms with E-state index in [0.29, 0.717) is 52.0 Å². The predicted octanol–water partition coefficient (Wildman–Crippen LogP) is 4.88. The highest BCUT2D eigenvalue weighted by Gasteiger charge is 2.33. The second kappa shape index (κ2) is 10.1. The number of carbonyl (C=O) groups excluding carboxylic acids is 1. The molecule has 1 aliphatic rings. The Morgan fingerprint density at radius 2 is 2.03 bits per heavy atom. The molecular weight excluding hydrogens is 563 g/mol. The van der Waals surface area contributed by atoms with Crippen LogP contribution >= 0.6 is 50.5 Å². The number of methoxy groups -OCH3 is 1. The number of ether oxygens (including phenoxy) is 2. The lowest BCUT2D eigenvalue weighted by molar-refractivity contribution is -0.139. The summed E-state index contributed by atoms with van der Waals surface area (Å²) >= 11 is 17.1. The maximum atomic E-state index is 13.6. The van der Waals surface area contributed by atoms with Crippen molar-refractivity contribution in [3.05, 3.63) is 93.0 Å². The average Bonchev–Trinajstić information content (AvgIpc) is 3.09. The van der Waals surface area contributed by atoms with Crippen molar-refractivity contribution in [1.82, 2.24) is 4.57 Å². The summed E-state index contributed by atoms with van der Waals surface area (Å²) in [5.74, 6) is 0.114. The largest absolute Gasteiger partial charge is 0.496 e. The minimum atomic E-state index is -0.722. The summed E-state index contributed by atoms with van der Waals surface area (Å²) < 4.78 is 13.3. The fourth-order valence-corrected chi connectivity index (χ4v) is 5.78. The van der Waals surface area contributed by atoms with Gasteiger partial charge >= 0.3 is 5.97 Å². The topological polar surface area (TPSA) is 69.9 Å². The maximum Gasteiger partial charge on any atom is 0.338 e. The molecule has 0 saturated carbocycles. The van der Waals surface area contributed by atoms with Crippen molar-refractivity contribution in [3.63, 3.8) is 0 Å². The summed E-state index contributed by atoms with van der Waals surface area (Å²) in [6.45, 7) is 3.68. The number of nitrogens with zero attached hydrogens (tertiary/aromatic N) is 2. The molecule has 0 saturated heterocycles. The summed E-state index contributed by atoms with van der Waals surface area (Å²) in [6, 6.07) is 9.77. The molecule has 0 N–H and O–H groups in total. The van der Waals surface area contributed by atoms with Crippen LogP contribution in [0.25, 0.3) is 6.08 Å². The van der Waals surface area contributed by atoms with Crippen LogP contribution in [0.2, 0.25) is 10.0 Å². The number of rotatable bonds is 5. The number of halogens is 3. The van der Waals surface area contributed by atoms with Crippen molar-refractivity contribution < 1.29 is 14.3 Å². The molecule has 0 spiro atoms. The van der Waals surface area contributed by atoms with Gasteiger partial charge in [0, 0.05) is 10.0 Å². The summed E-state index contributed by atoms with van der Waals surface area (Å²) in [7, 11) is 1.57. The van der Waals surface area contributed by atoms with E-state index in [2.05, 4.69) is 20.9 Å². The van der Waals surface area contributed by atoms with Gasteiger partial charge in [0.05, 0.1) is 40.0 Å². The van der Waals surface area contributed by atoms with Crippen molar-refractivity contribution >= 4 is 62.5 Å². The van der Waals surface area contributed by atoms with Crippen molar-refractivity contribution in [2.75, 3.05) is 13.7 Å². The molecule has 6 nitrogen and oxygen atoms in total. The molecule has 1 aromatic heterocycles. The second-order valence-corrected chi connectivity index (χ2v) is 10.1. The first-order valence-corrected chi connectivity index (χ1v) is 12.6. The number of hydrogen-bond acceptors (Lipinski definition) is 6. The molecule has 0 amide bonds. The zero-order valence-electron chi connectivity index (χ0n) is 18.4. The molecule has 10 heteroatoms. The third-order valence-corrected chi connectivity index (χ3v) is 7.42. The van der Waals surface area contributed by atoms with E-state index in [1.165, 1.54) is 15.9 Å². The number of aromatic nitrogens is 1. The molecule has 34 heavy (non-hydrogen) atoms. The second-order valence-electron chi connectivity index (χ2n) is 7.36. The van der Waals surface area contributed by atoms with E-state index in [1.807, 2.05) is 12.1 Å². The molecule has 176 valence electrons. The zero-order chi connectivity index (χ0) is 24.6. The van der Waals surface area contributed by atoms with Crippen LogP contribution in [0.3, 0.4) is 0 Å². The van der Waals surface area contributed by atoms with Gasteiger partial charge in [-0.1, -0.05) is 46.7 Å². The lowest BCUT2D eigenvalue weighted by Crippen LogP contribution is -2.40. The van der Waals surface area contributed by atoms with Gasteiger partial charge in [-0.2, -0.15) is 0 Å². The van der Waals surface area contributed by atoms with Crippen LogP contribution in [0.4, 0.5) is 0 Å². The lowest BCUT2D eigenvalue weighted by atomic mass is 9.96. The molecule has 3 aromatic rings. The number of allylic oxidation sites excluding steroid dienone is 1. The van der Waals surface area contributed by atoms with E-state index in [4.69, 9.17) is 32.7 Å². The fraction of sp³-hybridized carbons (Fsp3) is 0.208. The van der Waals surface area contributed by atoms with Crippen molar-refractivity contribution in [3.8, 4) is 5.75 Å². The molecule has 0 fully saturated rings. The van der Waals surface area contributed by atoms with Crippen molar-refractivity contribution in [1.29, 1.82) is 0 Å². The van der Waals surface area contributed by atoms with Gasteiger partial charge in [0.2, 0.25) is 0 Å². The van der Waals surface area contributed by atoms with Gasteiger partial charge in [0.25, 0.3) is 5.56 Å². The van der Waals surface area contributed by atoms with Gasteiger partial charge in [-0.05, 0) is 71.2 Å². The first kappa shape index (κ1) is 24.7.